The topological polar surface area (TPSA) is 91.6 Å². The van der Waals surface area contributed by atoms with Crippen molar-refractivity contribution >= 4 is 24.0 Å². The van der Waals surface area contributed by atoms with Gasteiger partial charge in [0.15, 0.2) is 0 Å². The maximum atomic E-state index is 12.7. The number of piperazine rings is 1. The quantitative estimate of drug-likeness (QED) is 0.638. The first-order chi connectivity index (χ1) is 11.1. The minimum Gasteiger partial charge on any atom is -0.337 e. The van der Waals surface area contributed by atoms with E-state index in [0.29, 0.717) is 30.4 Å². The predicted octanol–water partition coefficient (Wildman–Crippen LogP) is 0.840. The molecule has 1 N–H and O–H groups in total. The van der Waals surface area contributed by atoms with E-state index in [0.717, 1.165) is 32.6 Å². The summed E-state index contributed by atoms with van der Waals surface area (Å²) < 4.78 is 0. The van der Waals surface area contributed by atoms with E-state index in [4.69, 9.17) is 0 Å². The van der Waals surface area contributed by atoms with Gasteiger partial charge in [0.2, 0.25) is 0 Å². The molecule has 3 heterocycles. The molecule has 2 aliphatic heterocycles. The first-order valence-electron chi connectivity index (χ1n) is 7.91. The van der Waals surface area contributed by atoms with Crippen molar-refractivity contribution < 1.29 is 9.72 Å². The van der Waals surface area contributed by atoms with E-state index in [1.165, 1.54) is 12.3 Å². The van der Waals surface area contributed by atoms with Crippen LogP contribution >= 0.6 is 12.4 Å². The Morgan fingerprint density at radius 2 is 2.08 bits per heavy atom. The number of carbonyl (C=O) groups is 1. The molecule has 9 heteroatoms. The van der Waals surface area contributed by atoms with Crippen LogP contribution in [0.3, 0.4) is 0 Å². The third-order valence-electron chi connectivity index (χ3n) is 4.63. The normalized spacial score (nSPS) is 21.4. The Morgan fingerprint density at radius 3 is 2.75 bits per heavy atom. The van der Waals surface area contributed by atoms with Gasteiger partial charge >= 0.3 is 0 Å². The number of nitro groups is 1. The Balaban J connectivity index is 0.00000208. The highest BCUT2D eigenvalue weighted by atomic mass is 35.5. The molecule has 2 aliphatic rings. The smallest absolute Gasteiger partial charge is 0.288 e. The van der Waals surface area contributed by atoms with E-state index in [1.54, 1.807) is 11.8 Å². The molecule has 0 aromatic carbocycles. The second-order valence-corrected chi connectivity index (χ2v) is 6.06. The zero-order valence-corrected chi connectivity index (χ0v) is 14.4. The van der Waals surface area contributed by atoms with Crippen LogP contribution in [0.4, 0.5) is 5.69 Å². The molecule has 2 saturated heterocycles. The van der Waals surface area contributed by atoms with Crippen molar-refractivity contribution in [3.63, 3.8) is 0 Å². The maximum absolute atomic E-state index is 12.7. The van der Waals surface area contributed by atoms with Gasteiger partial charge in [0, 0.05) is 51.4 Å². The number of hydrogen-bond acceptors (Lipinski definition) is 6. The van der Waals surface area contributed by atoms with Crippen molar-refractivity contribution in [1.29, 1.82) is 0 Å². The number of nitrogens with zero attached hydrogens (tertiary/aromatic N) is 4. The monoisotopic (exact) mass is 355 g/mol. The fraction of sp³-hybridized carbons (Fsp3) is 0.600. The molecule has 0 spiro atoms. The summed E-state index contributed by atoms with van der Waals surface area (Å²) in [5, 5.41) is 14.2. The van der Waals surface area contributed by atoms with Gasteiger partial charge in [-0.1, -0.05) is 0 Å². The number of carbonyl (C=O) groups excluding carboxylic acids is 1. The minimum absolute atomic E-state index is 0. The van der Waals surface area contributed by atoms with E-state index < -0.39 is 4.92 Å². The number of pyridine rings is 1. The van der Waals surface area contributed by atoms with Crippen LogP contribution in [0, 0.1) is 17.0 Å². The molecule has 132 valence electrons. The summed E-state index contributed by atoms with van der Waals surface area (Å²) in [5.41, 5.74) is 0.725. The number of rotatable bonds is 3. The molecule has 0 radical (unpaired) electrons. The van der Waals surface area contributed by atoms with Crippen molar-refractivity contribution in [1.82, 2.24) is 20.1 Å². The van der Waals surface area contributed by atoms with Crippen molar-refractivity contribution in [2.24, 2.45) is 0 Å². The molecular formula is C15H22ClN5O3. The Morgan fingerprint density at radius 1 is 1.38 bits per heavy atom. The Hall–Kier alpha value is -1.77. The van der Waals surface area contributed by atoms with E-state index >= 15 is 0 Å². The van der Waals surface area contributed by atoms with Crippen molar-refractivity contribution in [3.8, 4) is 0 Å². The Kier molecular flexibility index (Phi) is 6.09. The second kappa shape index (κ2) is 7.87. The van der Waals surface area contributed by atoms with E-state index in [9.17, 15) is 14.9 Å². The van der Waals surface area contributed by atoms with Gasteiger partial charge in [0.25, 0.3) is 11.6 Å². The lowest BCUT2D eigenvalue weighted by atomic mass is 10.1. The van der Waals surface area contributed by atoms with E-state index in [2.05, 4.69) is 15.2 Å². The zero-order valence-electron chi connectivity index (χ0n) is 13.6. The molecule has 1 aromatic rings. The number of hydrogen-bond donors (Lipinski definition) is 1. The summed E-state index contributed by atoms with van der Waals surface area (Å²) in [6.07, 6.45) is 2.15. The Labute approximate surface area is 146 Å². The van der Waals surface area contributed by atoms with Gasteiger partial charge in [-0.25, -0.2) is 0 Å². The van der Waals surface area contributed by atoms with E-state index in [-0.39, 0.29) is 24.0 Å². The standard InChI is InChI=1S/C15H21N5O3.ClH/c1-11-14(8-13(9-17-11)20(22)23)15(21)19-5-2-12(10-19)18-6-3-16-4-7-18;/h8-9,12,16H,2-7,10H2,1H3;1H. The summed E-state index contributed by atoms with van der Waals surface area (Å²) in [4.78, 5) is 31.3. The molecule has 0 bridgehead atoms. The molecule has 2 fully saturated rings. The van der Waals surface area contributed by atoms with Crippen molar-refractivity contribution in [2.75, 3.05) is 39.3 Å². The number of nitrogens with one attached hydrogen (secondary N) is 1. The van der Waals surface area contributed by atoms with Gasteiger partial charge in [-0.3, -0.25) is 24.8 Å². The average Bonchev–Trinajstić information content (AvgIpc) is 3.05. The Bertz CT molecular complexity index is 621. The number of aromatic nitrogens is 1. The maximum Gasteiger partial charge on any atom is 0.288 e. The number of halogens is 1. The highest BCUT2D eigenvalue weighted by Gasteiger charge is 2.32. The fourth-order valence-corrected chi connectivity index (χ4v) is 3.28. The molecule has 1 atom stereocenters. The molecule has 1 amide bonds. The van der Waals surface area contributed by atoms with Crippen LogP contribution in [-0.2, 0) is 0 Å². The largest absolute Gasteiger partial charge is 0.337 e. The zero-order chi connectivity index (χ0) is 16.4. The van der Waals surface area contributed by atoms with Gasteiger partial charge in [-0.05, 0) is 13.3 Å². The summed E-state index contributed by atoms with van der Waals surface area (Å²) in [6, 6.07) is 1.72. The molecule has 0 aliphatic carbocycles. The lowest BCUT2D eigenvalue weighted by molar-refractivity contribution is -0.385. The minimum atomic E-state index is -0.517. The lowest BCUT2D eigenvalue weighted by Gasteiger charge is -2.32. The third kappa shape index (κ3) is 3.82. The van der Waals surface area contributed by atoms with Crippen LogP contribution < -0.4 is 5.32 Å². The summed E-state index contributed by atoms with van der Waals surface area (Å²) in [7, 11) is 0. The molecule has 24 heavy (non-hydrogen) atoms. The van der Waals surface area contributed by atoms with Gasteiger partial charge in [-0.15, -0.1) is 12.4 Å². The summed E-state index contributed by atoms with van der Waals surface area (Å²) in [5.74, 6) is -0.156. The van der Waals surface area contributed by atoms with Crippen LogP contribution in [0.1, 0.15) is 22.5 Å². The third-order valence-corrected chi connectivity index (χ3v) is 4.63. The first kappa shape index (κ1) is 18.6. The second-order valence-electron chi connectivity index (χ2n) is 6.06. The number of aryl methyl sites for hydroxylation is 1. The predicted molar refractivity (Wildman–Crippen MR) is 91.6 cm³/mol. The van der Waals surface area contributed by atoms with Crippen LogP contribution in [0.15, 0.2) is 12.3 Å². The molecule has 1 aromatic heterocycles. The molecule has 8 nitrogen and oxygen atoms in total. The van der Waals surface area contributed by atoms with Gasteiger partial charge in [0.1, 0.15) is 6.20 Å². The number of likely N-dealkylation sites (tertiary alicyclic amines) is 1. The highest BCUT2D eigenvalue weighted by molar-refractivity contribution is 5.96. The van der Waals surface area contributed by atoms with Crippen molar-refractivity contribution in [2.45, 2.75) is 19.4 Å². The van der Waals surface area contributed by atoms with Gasteiger partial charge < -0.3 is 10.2 Å². The van der Waals surface area contributed by atoms with E-state index in [1.807, 2.05) is 0 Å². The molecular weight excluding hydrogens is 334 g/mol. The highest BCUT2D eigenvalue weighted by Crippen LogP contribution is 2.21. The summed E-state index contributed by atoms with van der Waals surface area (Å²) in [6.45, 7) is 7.06. The fourth-order valence-electron chi connectivity index (χ4n) is 3.28. The molecule has 0 saturated carbocycles. The molecule has 1 unspecified atom stereocenters. The van der Waals surface area contributed by atoms with Gasteiger partial charge in [0.05, 0.1) is 16.2 Å². The first-order valence-corrected chi connectivity index (χ1v) is 7.91. The molecule has 3 rings (SSSR count). The average molecular weight is 356 g/mol. The van der Waals surface area contributed by atoms with Crippen LogP contribution in [0.5, 0.6) is 0 Å². The van der Waals surface area contributed by atoms with Crippen LogP contribution in [0.25, 0.3) is 0 Å². The van der Waals surface area contributed by atoms with Crippen molar-refractivity contribution in [3.05, 3.63) is 33.6 Å². The van der Waals surface area contributed by atoms with Crippen LogP contribution in [-0.4, -0.2) is 70.9 Å². The summed E-state index contributed by atoms with van der Waals surface area (Å²) >= 11 is 0. The number of amides is 1. The van der Waals surface area contributed by atoms with Gasteiger partial charge in [-0.2, -0.15) is 0 Å². The SMILES string of the molecule is Cc1ncc([N+](=O)[O-])cc1C(=O)N1CCC(N2CCNCC2)C1.Cl. The van der Waals surface area contributed by atoms with Crippen LogP contribution in [0.2, 0.25) is 0 Å². The lowest BCUT2D eigenvalue weighted by Crippen LogP contribution is -2.49.